The number of rotatable bonds is 2. The van der Waals surface area contributed by atoms with Gasteiger partial charge in [0.1, 0.15) is 0 Å². The lowest BCUT2D eigenvalue weighted by Crippen LogP contribution is -2.40. The summed E-state index contributed by atoms with van der Waals surface area (Å²) in [6, 6.07) is -0.646. The third-order valence-electron chi connectivity index (χ3n) is 1.71. The van der Waals surface area contributed by atoms with Crippen LogP contribution in [-0.4, -0.2) is 38.7 Å². The third-order valence-corrected chi connectivity index (χ3v) is 3.10. The average molecular weight is 233 g/mol. The van der Waals surface area contributed by atoms with Crippen LogP contribution in [0.5, 0.6) is 0 Å². The van der Waals surface area contributed by atoms with Crippen LogP contribution in [0.15, 0.2) is 11.5 Å². The van der Waals surface area contributed by atoms with Crippen molar-refractivity contribution in [2.75, 3.05) is 12.4 Å². The molecule has 0 bridgehead atoms. The fourth-order valence-corrected chi connectivity index (χ4v) is 2.32. The number of amides is 1. The molecule has 0 fully saturated rings. The second-order valence-corrected chi connectivity index (χ2v) is 4.89. The molecule has 1 amide bonds. The van der Waals surface area contributed by atoms with Gasteiger partial charge in [-0.15, -0.1) is 0 Å². The zero-order chi connectivity index (χ0) is 11.5. The van der Waals surface area contributed by atoms with E-state index in [1.807, 2.05) is 0 Å². The predicted molar refractivity (Wildman–Crippen MR) is 51.5 cm³/mol. The van der Waals surface area contributed by atoms with E-state index in [-0.39, 0.29) is 12.4 Å². The third kappa shape index (κ3) is 3.35. The first-order chi connectivity index (χ1) is 6.94. The highest BCUT2D eigenvalue weighted by atomic mass is 32.2. The van der Waals surface area contributed by atoms with Gasteiger partial charge in [-0.05, 0) is 13.0 Å². The fraction of sp³-hybridized carbons (Fsp3) is 0.500. The van der Waals surface area contributed by atoms with Gasteiger partial charge in [0, 0.05) is 5.41 Å². The Morgan fingerprint density at radius 2 is 2.20 bits per heavy atom. The van der Waals surface area contributed by atoms with Crippen LogP contribution < -0.4 is 5.32 Å². The van der Waals surface area contributed by atoms with Gasteiger partial charge in [-0.3, -0.25) is 4.79 Å². The van der Waals surface area contributed by atoms with Crippen molar-refractivity contribution in [3.05, 3.63) is 11.5 Å². The second-order valence-electron chi connectivity index (χ2n) is 2.96. The van der Waals surface area contributed by atoms with Crippen LogP contribution in [0.2, 0.25) is 0 Å². The monoisotopic (exact) mass is 233 g/mol. The Labute approximate surface area is 87.2 Å². The highest BCUT2D eigenvalue weighted by Crippen LogP contribution is 2.07. The minimum absolute atomic E-state index is 0.102. The molecule has 84 valence electrons. The van der Waals surface area contributed by atoms with Crippen molar-refractivity contribution in [3.63, 3.8) is 0 Å². The van der Waals surface area contributed by atoms with Crippen LogP contribution in [0.25, 0.3) is 0 Å². The largest absolute Gasteiger partial charge is 0.459 e. The summed E-state index contributed by atoms with van der Waals surface area (Å²) < 4.78 is 26.4. The predicted octanol–water partition coefficient (Wildman–Crippen LogP) is -1.02. The summed E-state index contributed by atoms with van der Waals surface area (Å²) in [5, 5.41) is 3.26. The summed E-state index contributed by atoms with van der Waals surface area (Å²) in [6.45, 7) is 1.68. The summed E-state index contributed by atoms with van der Waals surface area (Å²) >= 11 is 0. The minimum Gasteiger partial charge on any atom is -0.459 e. The Bertz CT molecular complexity index is 397. The Balaban J connectivity index is 2.48. The van der Waals surface area contributed by atoms with E-state index in [0.717, 1.165) is 5.41 Å². The second kappa shape index (κ2) is 4.43. The number of sulfone groups is 1. The lowest BCUT2D eigenvalue weighted by molar-refractivity contribution is -0.154. The zero-order valence-electron chi connectivity index (χ0n) is 8.10. The van der Waals surface area contributed by atoms with Crippen molar-refractivity contribution in [1.82, 2.24) is 5.32 Å². The molecule has 0 saturated heterocycles. The summed E-state index contributed by atoms with van der Waals surface area (Å²) in [5.74, 6) is -2.14. The summed E-state index contributed by atoms with van der Waals surface area (Å²) in [7, 11) is -3.23. The van der Waals surface area contributed by atoms with Gasteiger partial charge in [0.05, 0.1) is 18.4 Å². The molecule has 15 heavy (non-hydrogen) atoms. The normalized spacial score (nSPS) is 22.3. The van der Waals surface area contributed by atoms with Gasteiger partial charge in [0.25, 0.3) is 0 Å². The molecule has 0 aromatic rings. The Kier molecular flexibility index (Phi) is 3.46. The van der Waals surface area contributed by atoms with E-state index in [0.29, 0.717) is 0 Å². The van der Waals surface area contributed by atoms with Crippen LogP contribution in [0.4, 0.5) is 0 Å². The standard InChI is InChI=1S/C8H11NO5S/c1-2-14-8(11)7(10)9-6-3-4-15(12,13)5-6/h3-4,6H,2,5H2,1H3,(H,9,10). The maximum atomic E-state index is 11.1. The van der Waals surface area contributed by atoms with Gasteiger partial charge >= 0.3 is 11.9 Å². The average Bonchev–Trinajstić information content (AvgIpc) is 2.46. The smallest absolute Gasteiger partial charge is 0.396 e. The molecular formula is C8H11NO5S. The summed E-state index contributed by atoms with van der Waals surface area (Å²) in [5.41, 5.74) is 0. The first-order valence-corrected chi connectivity index (χ1v) is 6.04. The molecule has 0 aromatic carbocycles. The van der Waals surface area contributed by atoms with E-state index in [2.05, 4.69) is 10.1 Å². The molecule has 1 aliphatic heterocycles. The zero-order valence-corrected chi connectivity index (χ0v) is 8.91. The molecule has 1 heterocycles. The molecule has 0 radical (unpaired) electrons. The van der Waals surface area contributed by atoms with Gasteiger partial charge < -0.3 is 10.1 Å². The molecule has 7 heteroatoms. The maximum Gasteiger partial charge on any atom is 0.396 e. The Morgan fingerprint density at radius 3 is 2.67 bits per heavy atom. The van der Waals surface area contributed by atoms with E-state index in [1.54, 1.807) is 6.92 Å². The van der Waals surface area contributed by atoms with Crippen LogP contribution in [0, 0.1) is 0 Å². The van der Waals surface area contributed by atoms with Gasteiger partial charge in [-0.2, -0.15) is 0 Å². The van der Waals surface area contributed by atoms with Crippen LogP contribution in [0.3, 0.4) is 0 Å². The first-order valence-electron chi connectivity index (χ1n) is 4.33. The Hall–Kier alpha value is -1.37. The van der Waals surface area contributed by atoms with Gasteiger partial charge in [0.2, 0.25) is 0 Å². The van der Waals surface area contributed by atoms with Gasteiger partial charge in [0.15, 0.2) is 9.84 Å². The van der Waals surface area contributed by atoms with E-state index < -0.39 is 27.8 Å². The highest BCUT2D eigenvalue weighted by molar-refractivity contribution is 7.94. The molecule has 6 nitrogen and oxygen atoms in total. The molecule has 1 atom stereocenters. The van der Waals surface area contributed by atoms with Crippen molar-refractivity contribution in [2.24, 2.45) is 0 Å². The molecule has 1 aliphatic rings. The fourth-order valence-electron chi connectivity index (χ4n) is 1.09. The minimum atomic E-state index is -3.23. The lowest BCUT2D eigenvalue weighted by atomic mass is 10.3. The van der Waals surface area contributed by atoms with Crippen LogP contribution >= 0.6 is 0 Å². The van der Waals surface area contributed by atoms with Crippen molar-refractivity contribution in [3.8, 4) is 0 Å². The van der Waals surface area contributed by atoms with Crippen LogP contribution in [-0.2, 0) is 24.2 Å². The summed E-state index contributed by atoms with van der Waals surface area (Å²) in [4.78, 5) is 22.0. The highest BCUT2D eigenvalue weighted by Gasteiger charge is 2.25. The van der Waals surface area contributed by atoms with Crippen molar-refractivity contribution in [1.29, 1.82) is 0 Å². The molecule has 0 saturated carbocycles. The molecule has 1 N–H and O–H groups in total. The molecule has 1 unspecified atom stereocenters. The number of esters is 1. The maximum absolute atomic E-state index is 11.1. The summed E-state index contributed by atoms with van der Waals surface area (Å²) in [6.07, 6.45) is 1.33. The SMILES string of the molecule is CCOC(=O)C(=O)NC1C=CS(=O)(=O)C1. The van der Waals surface area contributed by atoms with Gasteiger partial charge in [-0.1, -0.05) is 0 Å². The topological polar surface area (TPSA) is 89.5 Å². The number of hydrogen-bond donors (Lipinski definition) is 1. The van der Waals surface area contributed by atoms with Crippen LogP contribution in [0.1, 0.15) is 6.92 Å². The number of hydrogen-bond acceptors (Lipinski definition) is 5. The Morgan fingerprint density at radius 1 is 1.53 bits per heavy atom. The van der Waals surface area contributed by atoms with Crippen molar-refractivity contribution >= 4 is 21.7 Å². The number of nitrogens with one attached hydrogen (secondary N) is 1. The molecule has 0 aromatic heterocycles. The quantitative estimate of drug-likeness (QED) is 0.487. The molecule has 0 aliphatic carbocycles. The molecule has 0 spiro atoms. The number of ether oxygens (including phenoxy) is 1. The van der Waals surface area contributed by atoms with Crippen molar-refractivity contribution < 1.29 is 22.7 Å². The molecular weight excluding hydrogens is 222 g/mol. The molecule has 1 rings (SSSR count). The van der Waals surface area contributed by atoms with E-state index in [9.17, 15) is 18.0 Å². The number of carbonyl (C=O) groups excluding carboxylic acids is 2. The lowest BCUT2D eigenvalue weighted by Gasteiger charge is -2.08. The van der Waals surface area contributed by atoms with E-state index >= 15 is 0 Å². The van der Waals surface area contributed by atoms with E-state index in [4.69, 9.17) is 0 Å². The van der Waals surface area contributed by atoms with Gasteiger partial charge in [-0.25, -0.2) is 13.2 Å². The van der Waals surface area contributed by atoms with Crippen molar-refractivity contribution in [2.45, 2.75) is 13.0 Å². The van der Waals surface area contributed by atoms with E-state index in [1.165, 1.54) is 6.08 Å². The number of carbonyl (C=O) groups is 2. The first kappa shape index (κ1) is 11.7.